The van der Waals surface area contributed by atoms with E-state index in [1.807, 2.05) is 17.0 Å². The topological polar surface area (TPSA) is 62.2 Å². The molecule has 0 spiro atoms. The molecule has 1 amide bonds. The van der Waals surface area contributed by atoms with Gasteiger partial charge in [0.05, 0.1) is 16.1 Å². The van der Waals surface area contributed by atoms with E-state index in [1.54, 1.807) is 36.0 Å². The molecule has 0 aromatic carbocycles. The number of hydrogen-bond acceptors (Lipinski definition) is 6. The van der Waals surface area contributed by atoms with Gasteiger partial charge in [-0.15, -0.1) is 11.3 Å². The van der Waals surface area contributed by atoms with Crippen molar-refractivity contribution < 1.29 is 4.79 Å². The molecule has 1 saturated heterocycles. The highest BCUT2D eigenvalue weighted by atomic mass is 32.1. The smallest absolute Gasteiger partial charge is 0.255 e. The number of aryl methyl sites for hydroxylation is 1. The number of aromatic nitrogens is 3. The molecule has 4 rings (SSSR count). The lowest BCUT2D eigenvalue weighted by Crippen LogP contribution is -2.49. The number of carbonyl (C=O) groups excluding carboxylic acids is 1. The van der Waals surface area contributed by atoms with Crippen LogP contribution in [0.3, 0.4) is 0 Å². The molecule has 3 aromatic heterocycles. The van der Waals surface area contributed by atoms with Gasteiger partial charge in [0.25, 0.3) is 5.91 Å². The van der Waals surface area contributed by atoms with Crippen molar-refractivity contribution in [1.29, 1.82) is 0 Å². The standard InChI is InChI=1S/C19H19N5OS/c1-14-3-6-17(26-14)16-5-4-15(13-22-16)18(25)23-9-11-24(12-10-23)19-20-7-2-8-21-19/h2-8,13H,9-12H2,1H3. The third-order valence-corrected chi connectivity index (χ3v) is 5.43. The van der Waals surface area contributed by atoms with Gasteiger partial charge < -0.3 is 9.80 Å². The molecule has 4 heterocycles. The molecule has 132 valence electrons. The van der Waals surface area contributed by atoms with Crippen molar-refractivity contribution >= 4 is 23.2 Å². The Hall–Kier alpha value is -2.80. The van der Waals surface area contributed by atoms with E-state index < -0.39 is 0 Å². The summed E-state index contributed by atoms with van der Waals surface area (Å²) in [6.07, 6.45) is 5.16. The Kier molecular flexibility index (Phi) is 4.62. The molecule has 0 unspecified atom stereocenters. The van der Waals surface area contributed by atoms with Crippen LogP contribution in [-0.4, -0.2) is 51.9 Å². The summed E-state index contributed by atoms with van der Waals surface area (Å²) in [4.78, 5) is 32.1. The quantitative estimate of drug-likeness (QED) is 0.714. The van der Waals surface area contributed by atoms with Gasteiger partial charge in [0, 0.05) is 49.6 Å². The molecular weight excluding hydrogens is 346 g/mol. The molecule has 26 heavy (non-hydrogen) atoms. The zero-order valence-corrected chi connectivity index (χ0v) is 15.3. The van der Waals surface area contributed by atoms with Gasteiger partial charge in [-0.1, -0.05) is 0 Å². The average Bonchev–Trinajstić information content (AvgIpc) is 3.15. The van der Waals surface area contributed by atoms with Gasteiger partial charge in [-0.05, 0) is 37.3 Å². The van der Waals surface area contributed by atoms with Crippen molar-refractivity contribution in [1.82, 2.24) is 19.9 Å². The van der Waals surface area contributed by atoms with Crippen molar-refractivity contribution in [2.24, 2.45) is 0 Å². The van der Waals surface area contributed by atoms with Crippen LogP contribution in [0.2, 0.25) is 0 Å². The fourth-order valence-corrected chi connectivity index (χ4v) is 3.83. The fraction of sp³-hybridized carbons (Fsp3) is 0.263. The maximum atomic E-state index is 12.7. The third-order valence-electron chi connectivity index (χ3n) is 4.41. The number of pyridine rings is 1. The summed E-state index contributed by atoms with van der Waals surface area (Å²) in [7, 11) is 0. The van der Waals surface area contributed by atoms with E-state index in [2.05, 4.69) is 38.9 Å². The molecule has 6 nitrogen and oxygen atoms in total. The number of carbonyl (C=O) groups is 1. The average molecular weight is 365 g/mol. The Balaban J connectivity index is 1.40. The van der Waals surface area contributed by atoms with Gasteiger partial charge in [-0.25, -0.2) is 9.97 Å². The number of rotatable bonds is 3. The summed E-state index contributed by atoms with van der Waals surface area (Å²) in [5.41, 5.74) is 1.54. The molecule has 0 saturated carbocycles. The fourth-order valence-electron chi connectivity index (χ4n) is 2.98. The molecule has 3 aromatic rings. The van der Waals surface area contributed by atoms with Crippen LogP contribution < -0.4 is 4.90 Å². The van der Waals surface area contributed by atoms with E-state index in [0.29, 0.717) is 18.7 Å². The summed E-state index contributed by atoms with van der Waals surface area (Å²) < 4.78 is 0. The largest absolute Gasteiger partial charge is 0.337 e. The van der Waals surface area contributed by atoms with Crippen molar-refractivity contribution in [3.05, 3.63) is 59.4 Å². The number of piperazine rings is 1. The van der Waals surface area contributed by atoms with Crippen LogP contribution >= 0.6 is 11.3 Å². The van der Waals surface area contributed by atoms with E-state index in [1.165, 1.54) is 4.88 Å². The highest BCUT2D eigenvalue weighted by Crippen LogP contribution is 2.26. The summed E-state index contributed by atoms with van der Waals surface area (Å²) >= 11 is 1.71. The predicted molar refractivity (Wildman–Crippen MR) is 102 cm³/mol. The second kappa shape index (κ2) is 7.21. The summed E-state index contributed by atoms with van der Waals surface area (Å²) in [6.45, 7) is 4.85. The number of amides is 1. The van der Waals surface area contributed by atoms with E-state index >= 15 is 0 Å². The Morgan fingerprint density at radius 1 is 1.00 bits per heavy atom. The molecule has 1 aliphatic heterocycles. The Morgan fingerprint density at radius 3 is 2.38 bits per heavy atom. The number of anilines is 1. The first-order valence-electron chi connectivity index (χ1n) is 8.55. The van der Waals surface area contributed by atoms with Crippen LogP contribution in [0.1, 0.15) is 15.2 Å². The zero-order chi connectivity index (χ0) is 17.9. The van der Waals surface area contributed by atoms with Crippen LogP contribution in [0.5, 0.6) is 0 Å². The maximum absolute atomic E-state index is 12.7. The normalized spacial score (nSPS) is 14.5. The maximum Gasteiger partial charge on any atom is 0.255 e. The lowest BCUT2D eigenvalue weighted by molar-refractivity contribution is 0.0746. The van der Waals surface area contributed by atoms with Gasteiger partial charge in [-0.2, -0.15) is 0 Å². The van der Waals surface area contributed by atoms with Gasteiger partial charge >= 0.3 is 0 Å². The van der Waals surface area contributed by atoms with Crippen LogP contribution in [0, 0.1) is 6.92 Å². The van der Waals surface area contributed by atoms with E-state index in [0.717, 1.165) is 29.6 Å². The number of nitrogens with zero attached hydrogens (tertiary/aromatic N) is 5. The summed E-state index contributed by atoms with van der Waals surface area (Å²) in [6, 6.07) is 9.74. The Bertz CT molecular complexity index is 886. The second-order valence-electron chi connectivity index (χ2n) is 6.17. The highest BCUT2D eigenvalue weighted by Gasteiger charge is 2.23. The molecule has 7 heteroatoms. The van der Waals surface area contributed by atoms with Crippen LogP contribution in [0.15, 0.2) is 48.9 Å². The summed E-state index contributed by atoms with van der Waals surface area (Å²) in [5.74, 6) is 0.747. The lowest BCUT2D eigenvalue weighted by Gasteiger charge is -2.34. The molecule has 0 aliphatic carbocycles. The molecule has 1 fully saturated rings. The minimum atomic E-state index is 0.0278. The van der Waals surface area contributed by atoms with Gasteiger partial charge in [0.2, 0.25) is 5.95 Å². The molecule has 1 aliphatic rings. The zero-order valence-electron chi connectivity index (χ0n) is 14.5. The third kappa shape index (κ3) is 3.43. The van der Waals surface area contributed by atoms with Crippen molar-refractivity contribution in [3.63, 3.8) is 0 Å². The predicted octanol–water partition coefficient (Wildman–Crippen LogP) is 2.87. The lowest BCUT2D eigenvalue weighted by atomic mass is 10.2. The van der Waals surface area contributed by atoms with E-state index in [-0.39, 0.29) is 5.91 Å². The van der Waals surface area contributed by atoms with Crippen molar-refractivity contribution in [3.8, 4) is 10.6 Å². The van der Waals surface area contributed by atoms with Crippen molar-refractivity contribution in [2.45, 2.75) is 6.92 Å². The molecular formula is C19H19N5OS. The van der Waals surface area contributed by atoms with Crippen LogP contribution in [-0.2, 0) is 0 Å². The molecule has 0 radical (unpaired) electrons. The molecule has 0 atom stereocenters. The first-order valence-corrected chi connectivity index (χ1v) is 9.36. The number of hydrogen-bond donors (Lipinski definition) is 0. The molecule has 0 N–H and O–H groups in total. The summed E-state index contributed by atoms with van der Waals surface area (Å²) in [5, 5.41) is 0. The van der Waals surface area contributed by atoms with Gasteiger partial charge in [0.1, 0.15) is 0 Å². The molecule has 0 bridgehead atoms. The first-order chi connectivity index (χ1) is 12.7. The van der Waals surface area contributed by atoms with Crippen LogP contribution in [0.4, 0.5) is 5.95 Å². The van der Waals surface area contributed by atoms with Crippen LogP contribution in [0.25, 0.3) is 10.6 Å². The Labute approximate surface area is 156 Å². The van der Waals surface area contributed by atoms with Gasteiger partial charge in [0.15, 0.2) is 0 Å². The minimum Gasteiger partial charge on any atom is -0.337 e. The monoisotopic (exact) mass is 365 g/mol. The Morgan fingerprint density at radius 2 is 1.77 bits per heavy atom. The SMILES string of the molecule is Cc1ccc(-c2ccc(C(=O)N3CCN(c4ncccn4)CC3)cn2)s1. The van der Waals surface area contributed by atoms with E-state index in [9.17, 15) is 4.79 Å². The van der Waals surface area contributed by atoms with Gasteiger partial charge in [-0.3, -0.25) is 9.78 Å². The first kappa shape index (κ1) is 16.7. The minimum absolute atomic E-state index is 0.0278. The number of thiophene rings is 1. The second-order valence-corrected chi connectivity index (χ2v) is 7.46. The van der Waals surface area contributed by atoms with Crippen molar-refractivity contribution in [2.75, 3.05) is 31.1 Å². The highest BCUT2D eigenvalue weighted by molar-refractivity contribution is 7.15. The van der Waals surface area contributed by atoms with E-state index in [4.69, 9.17) is 0 Å².